The minimum Gasteiger partial charge on any atom is -0.357 e. The van der Waals surface area contributed by atoms with Crippen LogP contribution in [-0.2, 0) is 6.42 Å². The molecule has 4 rings (SSSR count). The molecule has 4 heteroatoms. The van der Waals surface area contributed by atoms with Crippen molar-refractivity contribution in [2.24, 2.45) is 0 Å². The quantitative estimate of drug-likeness (QED) is 0.639. The van der Waals surface area contributed by atoms with E-state index in [0.29, 0.717) is 0 Å². The highest BCUT2D eigenvalue weighted by Crippen LogP contribution is 2.35. The monoisotopic (exact) mass is 360 g/mol. The predicted molar refractivity (Wildman–Crippen MR) is 91.0 cm³/mol. The summed E-state index contributed by atoms with van der Waals surface area (Å²) in [5.74, 6) is 0. The number of nitrogens with one attached hydrogen (secondary N) is 2. The maximum absolute atomic E-state index is 6.15. The van der Waals surface area contributed by atoms with Crippen molar-refractivity contribution in [2.45, 2.75) is 12.5 Å². The highest BCUT2D eigenvalue weighted by atomic mass is 79.9. The zero-order valence-electron chi connectivity index (χ0n) is 11.3. The molecule has 1 aliphatic heterocycles. The Balaban J connectivity index is 1.90. The molecule has 1 atom stereocenters. The lowest BCUT2D eigenvalue weighted by molar-refractivity contribution is 0.560. The summed E-state index contributed by atoms with van der Waals surface area (Å²) < 4.78 is 1.12. The van der Waals surface area contributed by atoms with Crippen LogP contribution in [0.2, 0.25) is 5.02 Å². The van der Waals surface area contributed by atoms with Crippen LogP contribution in [0.25, 0.3) is 10.9 Å². The molecule has 2 N–H and O–H groups in total. The molecule has 0 bridgehead atoms. The topological polar surface area (TPSA) is 27.8 Å². The average Bonchev–Trinajstić information content (AvgIpc) is 2.85. The summed E-state index contributed by atoms with van der Waals surface area (Å²) in [6.45, 7) is 0.976. The van der Waals surface area contributed by atoms with E-state index in [1.54, 1.807) is 0 Å². The normalized spacial score (nSPS) is 17.9. The number of H-pyrrole nitrogens is 1. The van der Waals surface area contributed by atoms with Gasteiger partial charge >= 0.3 is 0 Å². The van der Waals surface area contributed by atoms with Crippen molar-refractivity contribution >= 4 is 38.4 Å². The highest BCUT2D eigenvalue weighted by molar-refractivity contribution is 9.10. The summed E-state index contributed by atoms with van der Waals surface area (Å²) >= 11 is 9.71. The zero-order chi connectivity index (χ0) is 14.4. The van der Waals surface area contributed by atoms with Crippen LogP contribution in [0.5, 0.6) is 0 Å². The average molecular weight is 362 g/mol. The van der Waals surface area contributed by atoms with Crippen molar-refractivity contribution in [1.82, 2.24) is 10.3 Å². The number of benzene rings is 2. The van der Waals surface area contributed by atoms with E-state index in [-0.39, 0.29) is 6.04 Å². The maximum atomic E-state index is 6.15. The molecular formula is C17H14BrClN2. The van der Waals surface area contributed by atoms with Gasteiger partial charge in [-0.25, -0.2) is 0 Å². The summed E-state index contributed by atoms with van der Waals surface area (Å²) in [5.41, 5.74) is 5.07. The second kappa shape index (κ2) is 5.16. The molecule has 1 unspecified atom stereocenters. The number of fused-ring (bicyclic) bond motifs is 3. The van der Waals surface area contributed by atoms with Crippen LogP contribution in [0.4, 0.5) is 0 Å². The van der Waals surface area contributed by atoms with Crippen LogP contribution in [0.1, 0.15) is 22.9 Å². The van der Waals surface area contributed by atoms with Crippen molar-refractivity contribution < 1.29 is 0 Å². The van der Waals surface area contributed by atoms with Gasteiger partial charge in [-0.15, -0.1) is 0 Å². The van der Waals surface area contributed by atoms with Gasteiger partial charge in [0.15, 0.2) is 0 Å². The number of aromatic amines is 1. The number of halogens is 2. The molecule has 3 aromatic rings. The largest absolute Gasteiger partial charge is 0.357 e. The van der Waals surface area contributed by atoms with Crippen molar-refractivity contribution in [3.63, 3.8) is 0 Å². The van der Waals surface area contributed by atoms with Gasteiger partial charge in [0, 0.05) is 32.6 Å². The van der Waals surface area contributed by atoms with Gasteiger partial charge in [-0.05, 0) is 47.9 Å². The van der Waals surface area contributed by atoms with E-state index in [2.05, 4.69) is 50.5 Å². The summed E-state index contributed by atoms with van der Waals surface area (Å²) in [6.07, 6.45) is 1.04. The molecule has 1 aliphatic rings. The van der Waals surface area contributed by atoms with Gasteiger partial charge in [0.1, 0.15) is 0 Å². The molecular weight excluding hydrogens is 348 g/mol. The molecule has 21 heavy (non-hydrogen) atoms. The molecule has 0 saturated carbocycles. The van der Waals surface area contributed by atoms with E-state index < -0.39 is 0 Å². The van der Waals surface area contributed by atoms with Gasteiger partial charge in [0.2, 0.25) is 0 Å². The molecule has 1 aromatic heterocycles. The minimum absolute atomic E-state index is 0.179. The van der Waals surface area contributed by atoms with E-state index in [9.17, 15) is 0 Å². The van der Waals surface area contributed by atoms with Crippen LogP contribution in [0.3, 0.4) is 0 Å². The molecule has 0 radical (unpaired) electrons. The molecule has 0 saturated heterocycles. The molecule has 2 aromatic carbocycles. The Bertz CT molecular complexity index is 825. The fourth-order valence-electron chi connectivity index (χ4n) is 3.17. The standard InChI is InChI=1S/C17H14BrClN2/c18-11-4-5-15-14(9-11)13-6-7-20-16(17(13)21-15)10-2-1-3-12(19)8-10/h1-5,8-9,16,20-21H,6-7H2. The smallest absolute Gasteiger partial charge is 0.0732 e. The second-order valence-corrected chi connectivity index (χ2v) is 6.75. The zero-order valence-corrected chi connectivity index (χ0v) is 13.6. The lowest BCUT2D eigenvalue weighted by Gasteiger charge is -2.25. The number of hydrogen-bond donors (Lipinski definition) is 2. The first-order chi connectivity index (χ1) is 10.2. The van der Waals surface area contributed by atoms with Gasteiger partial charge in [0.25, 0.3) is 0 Å². The molecule has 0 amide bonds. The first-order valence-electron chi connectivity index (χ1n) is 7.01. The third-order valence-corrected chi connectivity index (χ3v) is 4.82. The molecule has 106 valence electrons. The first-order valence-corrected chi connectivity index (χ1v) is 8.18. The van der Waals surface area contributed by atoms with Crippen LogP contribution >= 0.6 is 27.5 Å². The minimum atomic E-state index is 0.179. The van der Waals surface area contributed by atoms with Crippen LogP contribution in [0, 0.1) is 0 Å². The third-order valence-electron chi connectivity index (χ3n) is 4.10. The molecule has 0 aliphatic carbocycles. The van der Waals surface area contributed by atoms with Gasteiger partial charge in [-0.1, -0.05) is 39.7 Å². The highest BCUT2D eigenvalue weighted by Gasteiger charge is 2.25. The summed E-state index contributed by atoms with van der Waals surface area (Å²) in [5, 5.41) is 5.68. The Kier molecular flexibility index (Phi) is 3.29. The summed E-state index contributed by atoms with van der Waals surface area (Å²) in [4.78, 5) is 3.58. The second-order valence-electron chi connectivity index (χ2n) is 5.40. The van der Waals surface area contributed by atoms with Crippen molar-refractivity contribution in [2.75, 3.05) is 6.54 Å². The lowest BCUT2D eigenvalue weighted by Crippen LogP contribution is -2.30. The van der Waals surface area contributed by atoms with E-state index in [1.807, 2.05) is 18.2 Å². The molecule has 0 fully saturated rings. The third kappa shape index (κ3) is 2.30. The number of hydrogen-bond acceptors (Lipinski definition) is 1. The Morgan fingerprint density at radius 1 is 1.14 bits per heavy atom. The van der Waals surface area contributed by atoms with E-state index >= 15 is 0 Å². The molecule has 2 heterocycles. The van der Waals surface area contributed by atoms with Gasteiger partial charge < -0.3 is 10.3 Å². The number of rotatable bonds is 1. The van der Waals surface area contributed by atoms with Gasteiger partial charge in [0.05, 0.1) is 6.04 Å². The van der Waals surface area contributed by atoms with Crippen molar-refractivity contribution in [3.05, 3.63) is 68.8 Å². The van der Waals surface area contributed by atoms with Gasteiger partial charge in [-0.3, -0.25) is 0 Å². The SMILES string of the molecule is Clc1cccc(C2NCCc3c2[nH]c2ccc(Br)cc32)c1. The van der Waals surface area contributed by atoms with Crippen LogP contribution in [0.15, 0.2) is 46.9 Å². The van der Waals surface area contributed by atoms with Crippen molar-refractivity contribution in [3.8, 4) is 0 Å². The Morgan fingerprint density at radius 2 is 2.05 bits per heavy atom. The van der Waals surface area contributed by atoms with E-state index in [0.717, 1.165) is 22.5 Å². The molecule has 0 spiro atoms. The predicted octanol–water partition coefficient (Wildman–Crippen LogP) is 4.82. The number of aromatic nitrogens is 1. The lowest BCUT2D eigenvalue weighted by atomic mass is 9.94. The van der Waals surface area contributed by atoms with Crippen LogP contribution in [-0.4, -0.2) is 11.5 Å². The van der Waals surface area contributed by atoms with Crippen molar-refractivity contribution in [1.29, 1.82) is 0 Å². The van der Waals surface area contributed by atoms with E-state index in [1.165, 1.54) is 27.7 Å². The summed E-state index contributed by atoms with van der Waals surface area (Å²) in [6, 6.07) is 14.7. The van der Waals surface area contributed by atoms with Gasteiger partial charge in [-0.2, -0.15) is 0 Å². The Labute approximate surface area is 136 Å². The van der Waals surface area contributed by atoms with Crippen LogP contribution < -0.4 is 5.32 Å². The first kappa shape index (κ1) is 13.4. The molecule has 2 nitrogen and oxygen atoms in total. The summed E-state index contributed by atoms with van der Waals surface area (Å²) in [7, 11) is 0. The maximum Gasteiger partial charge on any atom is 0.0732 e. The Hall–Kier alpha value is -1.29. The fraction of sp³-hybridized carbons (Fsp3) is 0.176. The Morgan fingerprint density at radius 3 is 2.90 bits per heavy atom. The van der Waals surface area contributed by atoms with E-state index in [4.69, 9.17) is 11.6 Å². The fourth-order valence-corrected chi connectivity index (χ4v) is 3.73.